The highest BCUT2D eigenvalue weighted by molar-refractivity contribution is 7.89. The first kappa shape index (κ1) is 13.3. The Balaban J connectivity index is 2.03. The quantitative estimate of drug-likeness (QED) is 0.846. The molecule has 1 aliphatic rings. The molecule has 1 heterocycles. The van der Waals surface area contributed by atoms with Gasteiger partial charge in [0.25, 0.3) is 0 Å². The van der Waals surface area contributed by atoms with Crippen molar-refractivity contribution in [1.29, 1.82) is 0 Å². The highest BCUT2D eigenvalue weighted by Gasteiger charge is 2.30. The van der Waals surface area contributed by atoms with Crippen molar-refractivity contribution in [3.63, 3.8) is 0 Å². The number of hydrogen-bond donors (Lipinski definition) is 2. The lowest BCUT2D eigenvalue weighted by Crippen LogP contribution is -2.43. The molecule has 0 atom stereocenters. The molecule has 1 aromatic heterocycles. The van der Waals surface area contributed by atoms with Gasteiger partial charge in [-0.3, -0.25) is 4.98 Å². The summed E-state index contributed by atoms with van der Waals surface area (Å²) < 4.78 is 27.7. The summed E-state index contributed by atoms with van der Waals surface area (Å²) in [4.78, 5) is 4.37. The first-order valence-corrected chi connectivity index (χ1v) is 8.11. The Kier molecular flexibility index (Phi) is 3.14. The molecular formula is C14H17N3O2S. The van der Waals surface area contributed by atoms with Gasteiger partial charge >= 0.3 is 0 Å². The Labute approximate surface area is 118 Å². The molecule has 0 unspecified atom stereocenters. The van der Waals surface area contributed by atoms with Gasteiger partial charge in [0.15, 0.2) is 0 Å². The summed E-state index contributed by atoms with van der Waals surface area (Å²) in [5.74, 6) is 0.587. The molecule has 5 nitrogen and oxygen atoms in total. The number of anilines is 1. The van der Waals surface area contributed by atoms with Crippen LogP contribution in [0.15, 0.2) is 35.4 Å². The van der Waals surface area contributed by atoms with Crippen molar-refractivity contribution < 1.29 is 8.42 Å². The van der Waals surface area contributed by atoms with Crippen LogP contribution in [0, 0.1) is 5.92 Å². The smallest absolute Gasteiger partial charge is 0.242 e. The Morgan fingerprint density at radius 1 is 1.30 bits per heavy atom. The molecule has 2 aromatic rings. The lowest BCUT2D eigenvalue weighted by Gasteiger charge is -2.32. The molecule has 0 spiro atoms. The van der Waals surface area contributed by atoms with Crippen LogP contribution in [0.5, 0.6) is 0 Å². The van der Waals surface area contributed by atoms with E-state index in [1.165, 1.54) is 6.07 Å². The molecule has 1 saturated carbocycles. The fraction of sp³-hybridized carbons (Fsp3) is 0.357. The summed E-state index contributed by atoms with van der Waals surface area (Å²) in [6.07, 6.45) is 3.35. The van der Waals surface area contributed by atoms with Gasteiger partial charge in [0.2, 0.25) is 10.0 Å². The summed E-state index contributed by atoms with van der Waals surface area (Å²) in [7, 11) is -3.56. The monoisotopic (exact) mass is 291 g/mol. The Hall–Kier alpha value is -1.66. The fourth-order valence-electron chi connectivity index (χ4n) is 2.67. The summed E-state index contributed by atoms with van der Waals surface area (Å²) in [6.45, 7) is 2.12. The van der Waals surface area contributed by atoms with E-state index in [0.29, 0.717) is 22.5 Å². The molecule has 3 N–H and O–H groups in total. The number of benzene rings is 1. The predicted molar refractivity (Wildman–Crippen MR) is 78.7 cm³/mol. The minimum Gasteiger partial charge on any atom is -0.398 e. The second-order valence-corrected chi connectivity index (χ2v) is 7.13. The van der Waals surface area contributed by atoms with Crippen molar-refractivity contribution >= 4 is 26.6 Å². The van der Waals surface area contributed by atoms with Crippen molar-refractivity contribution in [2.45, 2.75) is 30.7 Å². The third-order valence-electron chi connectivity index (χ3n) is 3.75. The first-order chi connectivity index (χ1) is 9.47. The number of sulfonamides is 1. The van der Waals surface area contributed by atoms with Crippen molar-refractivity contribution in [2.24, 2.45) is 5.92 Å². The van der Waals surface area contributed by atoms with E-state index >= 15 is 0 Å². The molecule has 6 heteroatoms. The number of aromatic nitrogens is 1. The van der Waals surface area contributed by atoms with E-state index in [2.05, 4.69) is 16.6 Å². The highest BCUT2D eigenvalue weighted by Crippen LogP contribution is 2.30. The second-order valence-electron chi connectivity index (χ2n) is 5.45. The maximum atomic E-state index is 12.5. The van der Waals surface area contributed by atoms with E-state index in [9.17, 15) is 8.42 Å². The van der Waals surface area contributed by atoms with Crippen LogP contribution in [0.3, 0.4) is 0 Å². The number of nitrogen functional groups attached to an aromatic ring is 1. The van der Waals surface area contributed by atoms with Gasteiger partial charge in [-0.15, -0.1) is 0 Å². The zero-order chi connectivity index (χ0) is 14.3. The molecule has 0 saturated heterocycles. The second kappa shape index (κ2) is 4.71. The van der Waals surface area contributed by atoms with E-state index in [0.717, 1.165) is 12.8 Å². The molecule has 106 valence electrons. The third-order valence-corrected chi connectivity index (χ3v) is 5.30. The van der Waals surface area contributed by atoms with Crippen LogP contribution in [-0.4, -0.2) is 19.4 Å². The fourth-order valence-corrected chi connectivity index (χ4v) is 4.09. The molecule has 0 bridgehead atoms. The van der Waals surface area contributed by atoms with Crippen LogP contribution in [0.25, 0.3) is 10.9 Å². The number of hydrogen-bond acceptors (Lipinski definition) is 4. The van der Waals surface area contributed by atoms with E-state index in [4.69, 9.17) is 5.73 Å². The molecule has 0 amide bonds. The molecule has 20 heavy (non-hydrogen) atoms. The Bertz CT molecular complexity index is 752. The number of nitrogens with one attached hydrogen (secondary N) is 1. The van der Waals surface area contributed by atoms with Crippen molar-refractivity contribution in [2.75, 3.05) is 5.73 Å². The third kappa shape index (κ3) is 2.25. The SMILES string of the molecule is CC1CC(NS(=O)(=O)c2ccc(N)c3cccnc23)C1. The summed E-state index contributed by atoms with van der Waals surface area (Å²) in [6, 6.07) is 6.70. The average molecular weight is 291 g/mol. The van der Waals surface area contributed by atoms with Gasteiger partial charge in [0.05, 0.1) is 5.52 Å². The van der Waals surface area contributed by atoms with Gasteiger partial charge in [0.1, 0.15) is 4.90 Å². The maximum Gasteiger partial charge on any atom is 0.242 e. The minimum absolute atomic E-state index is 0.0336. The van der Waals surface area contributed by atoms with Crippen molar-refractivity contribution in [3.05, 3.63) is 30.5 Å². The number of rotatable bonds is 3. The molecule has 1 fully saturated rings. The predicted octanol–water partition coefficient (Wildman–Crippen LogP) is 1.89. The van der Waals surface area contributed by atoms with E-state index < -0.39 is 10.0 Å². The number of pyridine rings is 1. The van der Waals surface area contributed by atoms with Gasteiger partial charge in [-0.2, -0.15) is 0 Å². The van der Waals surface area contributed by atoms with E-state index in [-0.39, 0.29) is 10.9 Å². The number of fused-ring (bicyclic) bond motifs is 1. The van der Waals surface area contributed by atoms with E-state index in [1.54, 1.807) is 24.4 Å². The first-order valence-electron chi connectivity index (χ1n) is 6.63. The molecule has 1 aliphatic carbocycles. The van der Waals surface area contributed by atoms with Crippen molar-refractivity contribution in [3.8, 4) is 0 Å². The van der Waals surface area contributed by atoms with Gasteiger partial charge in [-0.05, 0) is 43.0 Å². The van der Waals surface area contributed by atoms with Gasteiger partial charge in [0, 0.05) is 23.3 Å². The standard InChI is InChI=1S/C14H17N3O2S/c1-9-7-10(8-9)17-20(18,19)13-5-4-12(15)11-3-2-6-16-14(11)13/h2-6,9-10,17H,7-8,15H2,1H3. The molecule has 0 aliphatic heterocycles. The van der Waals surface area contributed by atoms with Crippen LogP contribution < -0.4 is 10.5 Å². The summed E-state index contributed by atoms with van der Waals surface area (Å²) >= 11 is 0. The molecule has 1 aromatic carbocycles. The van der Waals surface area contributed by atoms with Crippen molar-refractivity contribution in [1.82, 2.24) is 9.71 Å². The Morgan fingerprint density at radius 2 is 2.05 bits per heavy atom. The zero-order valence-electron chi connectivity index (χ0n) is 11.2. The van der Waals surface area contributed by atoms with Crippen LogP contribution >= 0.6 is 0 Å². The summed E-state index contributed by atoms with van der Waals surface area (Å²) in [5.41, 5.74) is 6.83. The zero-order valence-corrected chi connectivity index (χ0v) is 12.0. The Morgan fingerprint density at radius 3 is 2.75 bits per heavy atom. The number of nitrogens with two attached hydrogens (primary N) is 1. The topological polar surface area (TPSA) is 85.1 Å². The molecule has 0 radical (unpaired) electrons. The van der Waals surface area contributed by atoms with Gasteiger partial charge in [-0.25, -0.2) is 13.1 Å². The normalized spacial score (nSPS) is 22.6. The highest BCUT2D eigenvalue weighted by atomic mass is 32.2. The minimum atomic E-state index is -3.56. The van der Waals surface area contributed by atoms with Gasteiger partial charge < -0.3 is 5.73 Å². The largest absolute Gasteiger partial charge is 0.398 e. The number of nitrogens with zero attached hydrogens (tertiary/aromatic N) is 1. The lowest BCUT2D eigenvalue weighted by molar-refractivity contribution is 0.270. The maximum absolute atomic E-state index is 12.5. The van der Waals surface area contributed by atoms with E-state index in [1.807, 2.05) is 0 Å². The lowest BCUT2D eigenvalue weighted by atomic mass is 9.83. The van der Waals surface area contributed by atoms with Crippen LogP contribution in [0.2, 0.25) is 0 Å². The average Bonchev–Trinajstić information content (AvgIpc) is 2.37. The van der Waals surface area contributed by atoms with Crippen LogP contribution in [0.1, 0.15) is 19.8 Å². The van der Waals surface area contributed by atoms with Gasteiger partial charge in [-0.1, -0.05) is 6.92 Å². The van der Waals surface area contributed by atoms with Crippen LogP contribution in [-0.2, 0) is 10.0 Å². The van der Waals surface area contributed by atoms with Crippen LogP contribution in [0.4, 0.5) is 5.69 Å². The summed E-state index contributed by atoms with van der Waals surface area (Å²) in [5, 5.41) is 0.664. The molecular weight excluding hydrogens is 274 g/mol. The molecule has 3 rings (SSSR count).